The van der Waals surface area contributed by atoms with Crippen LogP contribution in [0.3, 0.4) is 0 Å². The zero-order valence-corrected chi connectivity index (χ0v) is 11.9. The summed E-state index contributed by atoms with van der Waals surface area (Å²) in [5.74, 6) is 1.26. The monoisotopic (exact) mass is 295 g/mol. The van der Waals surface area contributed by atoms with E-state index in [2.05, 4.69) is 10.1 Å². The topological polar surface area (TPSA) is 85.2 Å². The van der Waals surface area contributed by atoms with E-state index in [4.69, 9.17) is 10.3 Å². The molecule has 2 aromatic rings. The molecule has 1 saturated carbocycles. The number of benzene rings is 1. The number of hydrogen-bond acceptors (Lipinski definition) is 5. The molecule has 6 heteroatoms. The molecule has 1 aliphatic carbocycles. The number of aromatic nitrogens is 2. The Morgan fingerprint density at radius 2 is 1.75 bits per heavy atom. The predicted octanol–water partition coefficient (Wildman–Crippen LogP) is 2.98. The molecule has 1 aromatic heterocycles. The largest absolute Gasteiger partial charge is 0.508 e. The molecule has 1 aliphatic rings. The van der Waals surface area contributed by atoms with E-state index in [0.717, 1.165) is 31.2 Å². The van der Waals surface area contributed by atoms with Gasteiger partial charge in [-0.05, 0) is 37.1 Å². The van der Waals surface area contributed by atoms with Crippen molar-refractivity contribution >= 4 is 12.4 Å². The highest BCUT2D eigenvalue weighted by atomic mass is 35.5. The fourth-order valence-electron chi connectivity index (χ4n) is 2.55. The van der Waals surface area contributed by atoms with E-state index < -0.39 is 5.54 Å². The summed E-state index contributed by atoms with van der Waals surface area (Å²) >= 11 is 0. The molecule has 1 fully saturated rings. The molecular weight excluding hydrogens is 278 g/mol. The Kier molecular flexibility index (Phi) is 4.30. The van der Waals surface area contributed by atoms with Crippen molar-refractivity contribution in [3.63, 3.8) is 0 Å². The van der Waals surface area contributed by atoms with Crippen LogP contribution >= 0.6 is 12.4 Å². The summed E-state index contributed by atoms with van der Waals surface area (Å²) in [5, 5.41) is 13.3. The first-order valence-corrected chi connectivity index (χ1v) is 6.60. The number of aromatic hydroxyl groups is 1. The standard InChI is InChI=1S/C14H17N3O2.ClH/c15-14(8-2-1-3-9-14)13-16-12(17-19-13)10-4-6-11(18)7-5-10;/h4-7,18H,1-3,8-9,15H2;1H. The van der Waals surface area contributed by atoms with Gasteiger partial charge in [-0.3, -0.25) is 0 Å². The van der Waals surface area contributed by atoms with E-state index in [1.54, 1.807) is 24.3 Å². The normalized spacial score (nSPS) is 17.4. The lowest BCUT2D eigenvalue weighted by molar-refractivity contribution is 0.220. The maximum Gasteiger partial charge on any atom is 0.247 e. The number of hydrogen-bond donors (Lipinski definition) is 2. The molecule has 0 spiro atoms. The molecule has 0 radical (unpaired) electrons. The Hall–Kier alpha value is -1.59. The van der Waals surface area contributed by atoms with Crippen LogP contribution in [0, 0.1) is 0 Å². The van der Waals surface area contributed by atoms with Crippen LogP contribution in [0.2, 0.25) is 0 Å². The molecule has 0 atom stereocenters. The van der Waals surface area contributed by atoms with Gasteiger partial charge in [0, 0.05) is 5.56 Å². The van der Waals surface area contributed by atoms with E-state index in [0.29, 0.717) is 11.7 Å². The van der Waals surface area contributed by atoms with Crippen molar-refractivity contribution in [1.29, 1.82) is 0 Å². The van der Waals surface area contributed by atoms with Crippen LogP contribution in [0.4, 0.5) is 0 Å². The lowest BCUT2D eigenvalue weighted by Crippen LogP contribution is -2.38. The minimum Gasteiger partial charge on any atom is -0.508 e. The molecule has 1 aromatic carbocycles. The fraction of sp³-hybridized carbons (Fsp3) is 0.429. The molecule has 108 valence electrons. The van der Waals surface area contributed by atoms with Gasteiger partial charge < -0.3 is 15.4 Å². The summed E-state index contributed by atoms with van der Waals surface area (Å²) in [6.07, 6.45) is 5.22. The van der Waals surface area contributed by atoms with Crippen molar-refractivity contribution in [2.24, 2.45) is 5.73 Å². The Morgan fingerprint density at radius 3 is 2.40 bits per heavy atom. The number of phenols is 1. The molecule has 3 rings (SSSR count). The smallest absolute Gasteiger partial charge is 0.247 e. The second-order valence-electron chi connectivity index (χ2n) is 5.19. The van der Waals surface area contributed by atoms with Crippen molar-refractivity contribution in [2.45, 2.75) is 37.6 Å². The summed E-state index contributed by atoms with van der Waals surface area (Å²) in [6.45, 7) is 0. The van der Waals surface area contributed by atoms with Crippen molar-refractivity contribution in [2.75, 3.05) is 0 Å². The molecule has 3 N–H and O–H groups in total. The first-order chi connectivity index (χ1) is 9.17. The van der Waals surface area contributed by atoms with Crippen LogP contribution in [0.1, 0.15) is 38.0 Å². The van der Waals surface area contributed by atoms with Gasteiger partial charge in [0.1, 0.15) is 5.75 Å². The summed E-state index contributed by atoms with van der Waals surface area (Å²) in [6, 6.07) is 6.72. The Morgan fingerprint density at radius 1 is 1.10 bits per heavy atom. The van der Waals surface area contributed by atoms with Crippen molar-refractivity contribution in [1.82, 2.24) is 10.1 Å². The van der Waals surface area contributed by atoms with Gasteiger partial charge in [-0.15, -0.1) is 12.4 Å². The van der Waals surface area contributed by atoms with E-state index >= 15 is 0 Å². The van der Waals surface area contributed by atoms with Gasteiger partial charge in [0.05, 0.1) is 5.54 Å². The van der Waals surface area contributed by atoms with Crippen LogP contribution in [0.5, 0.6) is 5.75 Å². The number of halogens is 1. The zero-order chi connectivity index (χ0) is 13.3. The Balaban J connectivity index is 0.00000147. The second-order valence-corrected chi connectivity index (χ2v) is 5.19. The Bertz CT molecular complexity index is 562. The quantitative estimate of drug-likeness (QED) is 0.889. The third-order valence-corrected chi connectivity index (χ3v) is 3.72. The minimum atomic E-state index is -0.472. The number of nitrogens with two attached hydrogens (primary N) is 1. The first kappa shape index (κ1) is 14.8. The van der Waals surface area contributed by atoms with Gasteiger partial charge in [0.25, 0.3) is 0 Å². The molecule has 0 aliphatic heterocycles. The molecule has 0 saturated heterocycles. The van der Waals surface area contributed by atoms with E-state index in [1.807, 2.05) is 0 Å². The Labute approximate surface area is 123 Å². The van der Waals surface area contributed by atoms with Crippen molar-refractivity contribution < 1.29 is 9.63 Å². The van der Waals surface area contributed by atoms with E-state index in [-0.39, 0.29) is 18.2 Å². The SMILES string of the molecule is Cl.NC1(c2nc(-c3ccc(O)cc3)no2)CCCCC1. The van der Waals surface area contributed by atoms with Gasteiger partial charge in [0.15, 0.2) is 0 Å². The first-order valence-electron chi connectivity index (χ1n) is 6.60. The molecule has 0 amide bonds. The molecule has 0 unspecified atom stereocenters. The van der Waals surface area contributed by atoms with E-state index in [1.165, 1.54) is 6.42 Å². The van der Waals surface area contributed by atoms with Crippen molar-refractivity contribution in [3.05, 3.63) is 30.2 Å². The molecule has 20 heavy (non-hydrogen) atoms. The average Bonchev–Trinajstić information content (AvgIpc) is 2.91. The molecule has 0 bridgehead atoms. The predicted molar refractivity (Wildman–Crippen MR) is 77.6 cm³/mol. The summed E-state index contributed by atoms with van der Waals surface area (Å²) in [5.41, 5.74) is 6.70. The number of nitrogens with zero attached hydrogens (tertiary/aromatic N) is 2. The highest BCUT2D eigenvalue weighted by Gasteiger charge is 2.35. The lowest BCUT2D eigenvalue weighted by Gasteiger charge is -2.29. The number of phenolic OH excluding ortho intramolecular Hbond substituents is 1. The maximum atomic E-state index is 9.27. The lowest BCUT2D eigenvalue weighted by atomic mass is 9.82. The van der Waals surface area contributed by atoms with Crippen LogP contribution in [0.25, 0.3) is 11.4 Å². The van der Waals surface area contributed by atoms with Gasteiger partial charge in [-0.1, -0.05) is 24.4 Å². The van der Waals surface area contributed by atoms with E-state index in [9.17, 15) is 5.11 Å². The second kappa shape index (κ2) is 5.81. The summed E-state index contributed by atoms with van der Waals surface area (Å²) < 4.78 is 5.34. The third kappa shape index (κ3) is 2.78. The summed E-state index contributed by atoms with van der Waals surface area (Å²) in [7, 11) is 0. The van der Waals surface area contributed by atoms with Gasteiger partial charge in [-0.25, -0.2) is 0 Å². The maximum absolute atomic E-state index is 9.27. The van der Waals surface area contributed by atoms with Crippen molar-refractivity contribution in [3.8, 4) is 17.1 Å². The highest BCUT2D eigenvalue weighted by molar-refractivity contribution is 5.85. The highest BCUT2D eigenvalue weighted by Crippen LogP contribution is 2.34. The van der Waals surface area contributed by atoms with Crippen LogP contribution in [0.15, 0.2) is 28.8 Å². The van der Waals surface area contributed by atoms with Gasteiger partial charge in [0.2, 0.25) is 11.7 Å². The van der Waals surface area contributed by atoms with Gasteiger partial charge in [-0.2, -0.15) is 4.98 Å². The zero-order valence-electron chi connectivity index (χ0n) is 11.1. The van der Waals surface area contributed by atoms with Crippen LogP contribution in [-0.2, 0) is 5.54 Å². The number of rotatable bonds is 2. The fourth-order valence-corrected chi connectivity index (χ4v) is 2.55. The molecule has 5 nitrogen and oxygen atoms in total. The van der Waals surface area contributed by atoms with Gasteiger partial charge >= 0.3 is 0 Å². The average molecular weight is 296 g/mol. The minimum absolute atomic E-state index is 0. The third-order valence-electron chi connectivity index (χ3n) is 3.72. The summed E-state index contributed by atoms with van der Waals surface area (Å²) in [4.78, 5) is 4.42. The van der Waals surface area contributed by atoms with Crippen LogP contribution in [-0.4, -0.2) is 15.2 Å². The molecular formula is C14H18ClN3O2. The van der Waals surface area contributed by atoms with Crippen LogP contribution < -0.4 is 5.73 Å². The molecule has 1 heterocycles.